The molecule has 0 spiro atoms. The topological polar surface area (TPSA) is 59.0 Å². The Morgan fingerprint density at radius 1 is 1.62 bits per heavy atom. The van der Waals surface area contributed by atoms with Crippen molar-refractivity contribution in [2.45, 2.75) is 18.6 Å². The lowest BCUT2D eigenvalue weighted by Gasteiger charge is -2.35. The molecule has 1 N–H and O–H groups in total. The second-order valence-electron chi connectivity index (χ2n) is 5.30. The van der Waals surface area contributed by atoms with E-state index in [0.717, 1.165) is 0 Å². The first kappa shape index (κ1) is 14.9. The largest absolute Gasteiger partial charge is 0.394 e. The molecule has 2 saturated heterocycles. The summed E-state index contributed by atoms with van der Waals surface area (Å²) >= 11 is 3.33. The molecule has 0 radical (unpaired) electrons. The molecule has 0 saturated carbocycles. The van der Waals surface area contributed by atoms with E-state index >= 15 is 0 Å². The van der Waals surface area contributed by atoms with Crippen molar-refractivity contribution in [3.63, 3.8) is 0 Å². The highest BCUT2D eigenvalue weighted by molar-refractivity contribution is 9.10. The zero-order chi connectivity index (χ0) is 15.2. The van der Waals surface area contributed by atoms with Gasteiger partial charge in [0.15, 0.2) is 0 Å². The number of hydrogen-bond acceptors (Lipinski definition) is 4. The molecule has 2 aliphatic heterocycles. The number of nitrogens with zero attached hydrogens (tertiary/aromatic N) is 1. The van der Waals surface area contributed by atoms with Crippen molar-refractivity contribution in [2.75, 3.05) is 19.8 Å². The van der Waals surface area contributed by atoms with E-state index in [2.05, 4.69) is 15.9 Å². The van der Waals surface area contributed by atoms with Crippen LogP contribution in [0.4, 0.5) is 4.39 Å². The molecule has 2 heterocycles. The second kappa shape index (κ2) is 5.31. The quantitative estimate of drug-likeness (QED) is 0.870. The Balaban J connectivity index is 2.16. The Morgan fingerprint density at radius 3 is 3.05 bits per heavy atom. The zero-order valence-corrected chi connectivity index (χ0v) is 13.0. The fourth-order valence-corrected chi connectivity index (χ4v) is 3.62. The van der Waals surface area contributed by atoms with Crippen LogP contribution in [0, 0.1) is 11.7 Å². The summed E-state index contributed by atoms with van der Waals surface area (Å²) in [7, 11) is 0. The number of carbonyl (C=O) groups excluding carboxylic acids is 1. The maximum atomic E-state index is 14.4. The number of hydroxylamine groups is 2. The zero-order valence-electron chi connectivity index (χ0n) is 11.4. The molecule has 1 amide bonds. The average molecular weight is 360 g/mol. The van der Waals surface area contributed by atoms with Crippen LogP contribution in [0.5, 0.6) is 0 Å². The summed E-state index contributed by atoms with van der Waals surface area (Å²) in [5, 5.41) is 10.6. The van der Waals surface area contributed by atoms with E-state index in [1.165, 1.54) is 18.1 Å². The summed E-state index contributed by atoms with van der Waals surface area (Å²) in [5.41, 5.74) is -0.696. The number of fused-ring (bicyclic) bond motifs is 1. The lowest BCUT2D eigenvalue weighted by atomic mass is 9.78. The summed E-state index contributed by atoms with van der Waals surface area (Å²) in [6, 6.07) is 4.57. The molecule has 21 heavy (non-hydrogen) atoms. The van der Waals surface area contributed by atoms with Gasteiger partial charge in [-0.25, -0.2) is 9.45 Å². The lowest BCUT2D eigenvalue weighted by Crippen LogP contribution is -2.48. The van der Waals surface area contributed by atoms with Crippen LogP contribution in [0.2, 0.25) is 0 Å². The molecule has 2 fully saturated rings. The fraction of sp³-hybridized carbons (Fsp3) is 0.500. The van der Waals surface area contributed by atoms with E-state index in [1.807, 2.05) is 0 Å². The van der Waals surface area contributed by atoms with Gasteiger partial charge in [0, 0.05) is 22.9 Å². The highest BCUT2D eigenvalue weighted by atomic mass is 79.9. The Bertz CT molecular complexity index is 584. The van der Waals surface area contributed by atoms with E-state index in [4.69, 9.17) is 9.57 Å². The van der Waals surface area contributed by atoms with Gasteiger partial charge in [-0.05, 0) is 18.2 Å². The molecule has 2 aliphatic rings. The van der Waals surface area contributed by atoms with Gasteiger partial charge in [0.2, 0.25) is 5.91 Å². The van der Waals surface area contributed by atoms with Crippen LogP contribution in [0.25, 0.3) is 0 Å². The third-order valence-electron chi connectivity index (χ3n) is 4.19. The highest BCUT2D eigenvalue weighted by Gasteiger charge is 2.61. The number of aliphatic hydroxyl groups is 1. The van der Waals surface area contributed by atoms with Crippen LogP contribution in [0.3, 0.4) is 0 Å². The van der Waals surface area contributed by atoms with Crippen molar-refractivity contribution >= 4 is 21.8 Å². The van der Waals surface area contributed by atoms with Crippen LogP contribution >= 0.6 is 15.9 Å². The van der Waals surface area contributed by atoms with Crippen LogP contribution in [0.1, 0.15) is 12.5 Å². The molecule has 0 unspecified atom stereocenters. The van der Waals surface area contributed by atoms with Crippen molar-refractivity contribution in [1.29, 1.82) is 0 Å². The van der Waals surface area contributed by atoms with Gasteiger partial charge in [0.05, 0.1) is 25.9 Å². The molecule has 5 nitrogen and oxygen atoms in total. The predicted molar refractivity (Wildman–Crippen MR) is 74.6 cm³/mol. The monoisotopic (exact) mass is 359 g/mol. The van der Waals surface area contributed by atoms with Gasteiger partial charge in [-0.3, -0.25) is 9.63 Å². The number of halogens is 2. The van der Waals surface area contributed by atoms with Gasteiger partial charge in [-0.1, -0.05) is 15.9 Å². The first-order valence-corrected chi connectivity index (χ1v) is 7.41. The molecule has 3 rings (SSSR count). The third-order valence-corrected chi connectivity index (χ3v) is 4.68. The molecular weight excluding hydrogens is 345 g/mol. The van der Waals surface area contributed by atoms with Crippen molar-refractivity contribution in [1.82, 2.24) is 5.06 Å². The Morgan fingerprint density at radius 2 is 2.38 bits per heavy atom. The normalized spacial score (nSPS) is 31.5. The SMILES string of the molecule is CC(=O)N1OC[C@@H]2[C@@H](CO)OC[C@@]21c1cc(Br)ccc1F. The maximum absolute atomic E-state index is 14.4. The number of benzene rings is 1. The van der Waals surface area contributed by atoms with Crippen LogP contribution < -0.4 is 0 Å². The summed E-state index contributed by atoms with van der Waals surface area (Å²) in [6.45, 7) is 1.47. The van der Waals surface area contributed by atoms with Gasteiger partial charge >= 0.3 is 0 Å². The molecule has 0 bridgehead atoms. The first-order valence-electron chi connectivity index (χ1n) is 6.62. The van der Waals surface area contributed by atoms with E-state index in [0.29, 0.717) is 10.0 Å². The fourth-order valence-electron chi connectivity index (χ4n) is 3.26. The summed E-state index contributed by atoms with van der Waals surface area (Å²) in [6.07, 6.45) is -0.479. The van der Waals surface area contributed by atoms with E-state index in [-0.39, 0.29) is 31.6 Å². The van der Waals surface area contributed by atoms with Crippen LogP contribution in [-0.4, -0.2) is 42.0 Å². The molecule has 3 atom stereocenters. The van der Waals surface area contributed by atoms with E-state index in [9.17, 15) is 14.3 Å². The number of hydrogen-bond donors (Lipinski definition) is 1. The summed E-state index contributed by atoms with van der Waals surface area (Å²) in [4.78, 5) is 17.4. The van der Waals surface area contributed by atoms with Gasteiger partial charge in [-0.2, -0.15) is 0 Å². The minimum Gasteiger partial charge on any atom is -0.394 e. The van der Waals surface area contributed by atoms with Crippen molar-refractivity contribution in [3.8, 4) is 0 Å². The number of rotatable bonds is 2. The predicted octanol–water partition coefficient (Wildman–Crippen LogP) is 1.58. The molecule has 0 aliphatic carbocycles. The van der Waals surface area contributed by atoms with Crippen molar-refractivity contribution < 1.29 is 23.9 Å². The van der Waals surface area contributed by atoms with Crippen molar-refractivity contribution in [3.05, 3.63) is 34.1 Å². The van der Waals surface area contributed by atoms with Crippen molar-refractivity contribution in [2.24, 2.45) is 5.92 Å². The van der Waals surface area contributed by atoms with Gasteiger partial charge in [-0.15, -0.1) is 0 Å². The minimum atomic E-state index is -1.03. The van der Waals surface area contributed by atoms with Crippen LogP contribution in [-0.2, 0) is 19.9 Å². The maximum Gasteiger partial charge on any atom is 0.243 e. The number of aliphatic hydroxyl groups excluding tert-OH is 1. The Kier molecular flexibility index (Phi) is 3.77. The average Bonchev–Trinajstić information content (AvgIpc) is 2.98. The Labute approximate surface area is 129 Å². The second-order valence-corrected chi connectivity index (χ2v) is 6.21. The number of amides is 1. The van der Waals surface area contributed by atoms with Gasteiger partial charge in [0.25, 0.3) is 0 Å². The van der Waals surface area contributed by atoms with Gasteiger partial charge in [0.1, 0.15) is 11.4 Å². The lowest BCUT2D eigenvalue weighted by molar-refractivity contribution is -0.194. The Hall–Kier alpha value is -1.02. The van der Waals surface area contributed by atoms with Gasteiger partial charge < -0.3 is 9.84 Å². The molecule has 1 aromatic carbocycles. The summed E-state index contributed by atoms with van der Waals surface area (Å²) in [5.74, 6) is -1.06. The van der Waals surface area contributed by atoms with Crippen LogP contribution in [0.15, 0.2) is 22.7 Å². The molecule has 0 aromatic heterocycles. The smallest absolute Gasteiger partial charge is 0.243 e. The molecule has 1 aromatic rings. The summed E-state index contributed by atoms with van der Waals surface area (Å²) < 4.78 is 20.7. The molecule has 114 valence electrons. The molecule has 7 heteroatoms. The minimum absolute atomic E-state index is 0.0931. The third kappa shape index (κ3) is 2.11. The number of carbonyl (C=O) groups is 1. The highest BCUT2D eigenvalue weighted by Crippen LogP contribution is 2.49. The van der Waals surface area contributed by atoms with E-state index < -0.39 is 17.5 Å². The number of ether oxygens (including phenoxy) is 1. The first-order chi connectivity index (χ1) is 10.0. The standard InChI is InChI=1S/C14H15BrFNO4/c1-8(19)17-14(10-4-9(15)2-3-12(10)16)7-20-13(5-18)11(14)6-21-17/h2-4,11,13,18H,5-7H2,1H3/t11-,13-,14-/m1/s1. The van der Waals surface area contributed by atoms with E-state index in [1.54, 1.807) is 12.1 Å². The molecular formula is C14H15BrFNO4.